The topological polar surface area (TPSA) is 38.0 Å². The van der Waals surface area contributed by atoms with Gasteiger partial charge in [-0.05, 0) is 64.8 Å². The lowest BCUT2D eigenvalue weighted by atomic mass is 10.2. The van der Waals surface area contributed by atoms with Crippen LogP contribution in [0.3, 0.4) is 0 Å². The first kappa shape index (κ1) is 11.9. The fraction of sp³-hybridized carbons (Fsp3) is 0.0769. The molecule has 0 saturated carbocycles. The molecular weight excluding hydrogens is 283 g/mol. The van der Waals surface area contributed by atoms with E-state index in [1.165, 1.54) is 12.1 Å². The zero-order valence-corrected chi connectivity index (χ0v) is 10.9. The van der Waals surface area contributed by atoms with Crippen molar-refractivity contribution in [2.45, 2.75) is 6.92 Å². The lowest BCUT2D eigenvalue weighted by molar-refractivity contribution is 0.627. The molecule has 0 aromatic heterocycles. The first-order chi connectivity index (χ1) is 8.06. The van der Waals surface area contributed by atoms with Crippen molar-refractivity contribution in [2.24, 2.45) is 0 Å². The van der Waals surface area contributed by atoms with Crippen LogP contribution in [-0.4, -0.2) is 0 Å². The van der Waals surface area contributed by atoms with Crippen molar-refractivity contribution in [3.63, 3.8) is 0 Å². The summed E-state index contributed by atoms with van der Waals surface area (Å²) < 4.78 is 13.6. The molecule has 0 aliphatic rings. The number of anilines is 3. The predicted molar refractivity (Wildman–Crippen MR) is 73.0 cm³/mol. The van der Waals surface area contributed by atoms with E-state index < -0.39 is 0 Å². The van der Waals surface area contributed by atoms with E-state index in [0.717, 1.165) is 22.6 Å². The number of halogens is 2. The molecule has 88 valence electrons. The largest absolute Gasteiger partial charge is 0.399 e. The lowest BCUT2D eigenvalue weighted by Gasteiger charge is -2.10. The zero-order chi connectivity index (χ0) is 12.4. The minimum absolute atomic E-state index is 0.268. The Morgan fingerprint density at radius 1 is 1.18 bits per heavy atom. The number of hydrogen-bond donors (Lipinski definition) is 2. The second-order valence-electron chi connectivity index (χ2n) is 3.82. The van der Waals surface area contributed by atoms with Crippen LogP contribution in [0.4, 0.5) is 21.5 Å². The molecule has 0 aliphatic heterocycles. The predicted octanol–water partition coefficient (Wildman–Crippen LogP) is 4.22. The SMILES string of the molecule is Cc1cc(Nc2ccc(F)cc2Br)ccc1N. The van der Waals surface area contributed by atoms with Gasteiger partial charge in [0, 0.05) is 15.8 Å². The van der Waals surface area contributed by atoms with Gasteiger partial charge in [-0.2, -0.15) is 0 Å². The number of nitrogens with two attached hydrogens (primary N) is 1. The molecule has 0 fully saturated rings. The van der Waals surface area contributed by atoms with Gasteiger partial charge < -0.3 is 11.1 Å². The highest BCUT2D eigenvalue weighted by Gasteiger charge is 2.02. The maximum absolute atomic E-state index is 12.9. The van der Waals surface area contributed by atoms with Crippen LogP contribution in [-0.2, 0) is 0 Å². The summed E-state index contributed by atoms with van der Waals surface area (Å²) in [7, 11) is 0. The van der Waals surface area contributed by atoms with Gasteiger partial charge in [0.2, 0.25) is 0 Å². The Bertz CT molecular complexity index is 555. The second kappa shape index (κ2) is 4.75. The number of rotatable bonds is 2. The van der Waals surface area contributed by atoms with Gasteiger partial charge in [-0.25, -0.2) is 4.39 Å². The summed E-state index contributed by atoms with van der Waals surface area (Å²) in [6.07, 6.45) is 0. The molecule has 2 rings (SSSR count). The molecule has 0 bridgehead atoms. The van der Waals surface area contributed by atoms with Crippen LogP contribution in [0.1, 0.15) is 5.56 Å². The van der Waals surface area contributed by atoms with Crippen molar-refractivity contribution in [1.29, 1.82) is 0 Å². The first-order valence-electron chi connectivity index (χ1n) is 5.14. The summed E-state index contributed by atoms with van der Waals surface area (Å²) in [5, 5.41) is 3.20. The summed E-state index contributed by atoms with van der Waals surface area (Å²) in [4.78, 5) is 0. The van der Waals surface area contributed by atoms with Crippen molar-refractivity contribution in [3.05, 3.63) is 52.3 Å². The first-order valence-corrected chi connectivity index (χ1v) is 5.94. The minimum atomic E-state index is -0.268. The molecule has 2 aromatic carbocycles. The Balaban J connectivity index is 2.28. The normalized spacial score (nSPS) is 10.3. The molecule has 2 aromatic rings. The third-order valence-electron chi connectivity index (χ3n) is 2.48. The molecule has 17 heavy (non-hydrogen) atoms. The molecule has 2 nitrogen and oxygen atoms in total. The molecule has 0 saturated heterocycles. The second-order valence-corrected chi connectivity index (χ2v) is 4.67. The van der Waals surface area contributed by atoms with Gasteiger partial charge in [0.15, 0.2) is 0 Å². The van der Waals surface area contributed by atoms with E-state index in [1.54, 1.807) is 6.07 Å². The highest BCUT2D eigenvalue weighted by atomic mass is 79.9. The monoisotopic (exact) mass is 294 g/mol. The molecule has 3 N–H and O–H groups in total. The molecule has 0 unspecified atom stereocenters. The van der Waals surface area contributed by atoms with Crippen molar-refractivity contribution >= 4 is 33.0 Å². The van der Waals surface area contributed by atoms with Gasteiger partial charge in [0.1, 0.15) is 5.82 Å². The van der Waals surface area contributed by atoms with Crippen molar-refractivity contribution in [2.75, 3.05) is 11.1 Å². The molecule has 0 heterocycles. The standard InChI is InChI=1S/C13H12BrFN2/c1-8-6-10(3-4-12(8)16)17-13-5-2-9(15)7-11(13)14/h2-7,17H,16H2,1H3. The van der Waals surface area contributed by atoms with E-state index in [9.17, 15) is 4.39 Å². The summed E-state index contributed by atoms with van der Waals surface area (Å²) in [5.74, 6) is -0.268. The van der Waals surface area contributed by atoms with Crippen molar-refractivity contribution in [3.8, 4) is 0 Å². The van der Waals surface area contributed by atoms with Crippen LogP contribution in [0, 0.1) is 12.7 Å². The molecule has 4 heteroatoms. The summed E-state index contributed by atoms with van der Waals surface area (Å²) in [5.41, 5.74) is 9.25. The highest BCUT2D eigenvalue weighted by molar-refractivity contribution is 9.10. The van der Waals surface area contributed by atoms with Crippen LogP contribution in [0.15, 0.2) is 40.9 Å². The molecule has 0 radical (unpaired) electrons. The molecule has 0 atom stereocenters. The minimum Gasteiger partial charge on any atom is -0.399 e. The number of benzene rings is 2. The van der Waals surface area contributed by atoms with Crippen molar-refractivity contribution < 1.29 is 4.39 Å². The van der Waals surface area contributed by atoms with Gasteiger partial charge in [-0.3, -0.25) is 0 Å². The Morgan fingerprint density at radius 3 is 2.59 bits per heavy atom. The molecular formula is C13H12BrFN2. The van der Waals surface area contributed by atoms with Crippen LogP contribution in [0.5, 0.6) is 0 Å². The van der Waals surface area contributed by atoms with Crippen LogP contribution >= 0.6 is 15.9 Å². The summed E-state index contributed by atoms with van der Waals surface area (Å²) >= 11 is 3.31. The van der Waals surface area contributed by atoms with Gasteiger partial charge in [0.25, 0.3) is 0 Å². The summed E-state index contributed by atoms with van der Waals surface area (Å²) in [6, 6.07) is 10.2. The summed E-state index contributed by atoms with van der Waals surface area (Å²) in [6.45, 7) is 1.94. The third kappa shape index (κ3) is 2.77. The molecule has 0 amide bonds. The highest BCUT2D eigenvalue weighted by Crippen LogP contribution is 2.27. The van der Waals surface area contributed by atoms with Gasteiger partial charge in [-0.1, -0.05) is 0 Å². The smallest absolute Gasteiger partial charge is 0.124 e. The van der Waals surface area contributed by atoms with E-state index in [2.05, 4.69) is 21.2 Å². The molecule has 0 spiro atoms. The van der Waals surface area contributed by atoms with Crippen LogP contribution in [0.2, 0.25) is 0 Å². The maximum Gasteiger partial charge on any atom is 0.124 e. The maximum atomic E-state index is 12.9. The Hall–Kier alpha value is -1.55. The number of nitrogen functional groups attached to an aromatic ring is 1. The fourth-order valence-corrected chi connectivity index (χ4v) is 1.95. The van der Waals surface area contributed by atoms with E-state index >= 15 is 0 Å². The van der Waals surface area contributed by atoms with Gasteiger partial charge in [-0.15, -0.1) is 0 Å². The van der Waals surface area contributed by atoms with Gasteiger partial charge in [0.05, 0.1) is 5.69 Å². The molecule has 0 aliphatic carbocycles. The fourth-order valence-electron chi connectivity index (χ4n) is 1.50. The average Bonchev–Trinajstić information content (AvgIpc) is 2.27. The number of nitrogens with one attached hydrogen (secondary N) is 1. The number of hydrogen-bond acceptors (Lipinski definition) is 2. The quantitative estimate of drug-likeness (QED) is 0.814. The Kier molecular flexibility index (Phi) is 3.33. The number of aryl methyl sites for hydroxylation is 1. The lowest BCUT2D eigenvalue weighted by Crippen LogP contribution is -1.95. The third-order valence-corrected chi connectivity index (χ3v) is 3.14. The Labute approximate surface area is 108 Å². The van der Waals surface area contributed by atoms with E-state index in [0.29, 0.717) is 4.47 Å². The van der Waals surface area contributed by atoms with Crippen molar-refractivity contribution in [1.82, 2.24) is 0 Å². The average molecular weight is 295 g/mol. The zero-order valence-electron chi connectivity index (χ0n) is 9.30. The van der Waals surface area contributed by atoms with Crippen LogP contribution < -0.4 is 11.1 Å². The van der Waals surface area contributed by atoms with E-state index in [1.807, 2.05) is 25.1 Å². The van der Waals surface area contributed by atoms with Gasteiger partial charge >= 0.3 is 0 Å². The van der Waals surface area contributed by atoms with E-state index in [-0.39, 0.29) is 5.82 Å². The van der Waals surface area contributed by atoms with E-state index in [4.69, 9.17) is 5.73 Å². The Morgan fingerprint density at radius 2 is 1.94 bits per heavy atom. The van der Waals surface area contributed by atoms with Crippen LogP contribution in [0.25, 0.3) is 0 Å².